The van der Waals surface area contributed by atoms with Gasteiger partial charge in [-0.1, -0.05) is 19.9 Å². The Labute approximate surface area is 107 Å². The number of nitrogens with zero attached hydrogens (tertiary/aromatic N) is 1. The van der Waals surface area contributed by atoms with Gasteiger partial charge in [-0.15, -0.1) is 6.58 Å². The summed E-state index contributed by atoms with van der Waals surface area (Å²) in [7, 11) is 0. The molecule has 1 aliphatic heterocycles. The fourth-order valence-electron chi connectivity index (χ4n) is 1.89. The Bertz CT molecular complexity index is 362. The summed E-state index contributed by atoms with van der Waals surface area (Å²) < 4.78 is 4.93. The minimum Gasteiger partial charge on any atom is -0.447 e. The van der Waals surface area contributed by atoms with Crippen LogP contribution < -0.4 is 0 Å². The van der Waals surface area contributed by atoms with Crippen LogP contribution in [0.2, 0.25) is 0 Å². The first-order valence-corrected chi connectivity index (χ1v) is 6.04. The zero-order chi connectivity index (χ0) is 14.1. The Morgan fingerprint density at radius 1 is 1.61 bits per heavy atom. The molecule has 0 aromatic heterocycles. The summed E-state index contributed by atoms with van der Waals surface area (Å²) >= 11 is 0. The smallest absolute Gasteiger partial charge is 0.417 e. The number of ether oxygens (including phenoxy) is 1. The maximum absolute atomic E-state index is 12.4. The Balaban J connectivity index is 3.01. The third kappa shape index (κ3) is 2.41. The van der Waals surface area contributed by atoms with Crippen molar-refractivity contribution in [2.24, 2.45) is 11.3 Å². The lowest BCUT2D eigenvalue weighted by Crippen LogP contribution is -2.51. The summed E-state index contributed by atoms with van der Waals surface area (Å²) in [4.78, 5) is 25.2. The number of rotatable bonds is 4. The summed E-state index contributed by atoms with van der Waals surface area (Å²) in [5, 5.41) is 9.81. The molecule has 0 aliphatic carbocycles. The number of aliphatic hydroxyl groups excluding tert-OH is 1. The van der Waals surface area contributed by atoms with Gasteiger partial charge in [-0.2, -0.15) is 0 Å². The first-order valence-electron chi connectivity index (χ1n) is 6.04. The highest BCUT2D eigenvalue weighted by molar-refractivity contribution is 5.96. The molecule has 2 amide bonds. The van der Waals surface area contributed by atoms with Crippen molar-refractivity contribution in [1.29, 1.82) is 0 Å². The second kappa shape index (κ2) is 5.10. The van der Waals surface area contributed by atoms with E-state index in [4.69, 9.17) is 4.74 Å². The van der Waals surface area contributed by atoms with Crippen molar-refractivity contribution in [2.45, 2.75) is 39.8 Å². The van der Waals surface area contributed by atoms with Gasteiger partial charge in [0.15, 0.2) is 0 Å². The van der Waals surface area contributed by atoms with Crippen molar-refractivity contribution in [3.8, 4) is 0 Å². The van der Waals surface area contributed by atoms with Gasteiger partial charge in [0.25, 0.3) is 0 Å². The molecule has 2 atom stereocenters. The SMILES string of the molecule is C=C[C@@H](O)C(C)(C)C(=O)N1C(=O)OC[C@@H]1C(C)C. The number of carbonyl (C=O) groups is 2. The Hall–Kier alpha value is -1.36. The second-order valence-corrected chi connectivity index (χ2v) is 5.47. The molecule has 0 unspecified atom stereocenters. The van der Waals surface area contributed by atoms with E-state index in [1.54, 1.807) is 13.8 Å². The lowest BCUT2D eigenvalue weighted by atomic mass is 9.84. The number of hydrogen-bond donors (Lipinski definition) is 1. The average Bonchev–Trinajstić information content (AvgIpc) is 2.68. The number of imide groups is 1. The van der Waals surface area contributed by atoms with Crippen LogP contribution in [0.25, 0.3) is 0 Å². The van der Waals surface area contributed by atoms with E-state index in [9.17, 15) is 14.7 Å². The van der Waals surface area contributed by atoms with E-state index >= 15 is 0 Å². The van der Waals surface area contributed by atoms with Crippen molar-refractivity contribution in [3.63, 3.8) is 0 Å². The van der Waals surface area contributed by atoms with Gasteiger partial charge in [0.2, 0.25) is 5.91 Å². The van der Waals surface area contributed by atoms with E-state index in [0.717, 1.165) is 4.90 Å². The Kier molecular flexibility index (Phi) is 4.16. The van der Waals surface area contributed by atoms with Gasteiger partial charge in [0.05, 0.1) is 17.6 Å². The summed E-state index contributed by atoms with van der Waals surface area (Å²) in [6.07, 6.45) is -0.349. The highest BCUT2D eigenvalue weighted by Crippen LogP contribution is 2.30. The third-order valence-corrected chi connectivity index (χ3v) is 3.41. The van der Waals surface area contributed by atoms with Crippen LogP contribution in [-0.2, 0) is 9.53 Å². The molecule has 0 radical (unpaired) electrons. The van der Waals surface area contributed by atoms with Crippen molar-refractivity contribution < 1.29 is 19.4 Å². The van der Waals surface area contributed by atoms with Gasteiger partial charge < -0.3 is 9.84 Å². The van der Waals surface area contributed by atoms with Gasteiger partial charge in [-0.3, -0.25) is 4.79 Å². The number of hydrogen-bond acceptors (Lipinski definition) is 4. The Morgan fingerprint density at radius 2 is 2.17 bits per heavy atom. The standard InChI is InChI=1S/C13H21NO4/c1-6-10(15)13(4,5)11(16)14-9(8(2)3)7-18-12(14)17/h6,8-10,15H,1,7H2,2-5H3/t9-,10-/m1/s1. The van der Waals surface area contributed by atoms with Gasteiger partial charge >= 0.3 is 6.09 Å². The maximum Gasteiger partial charge on any atom is 0.417 e. The summed E-state index contributed by atoms with van der Waals surface area (Å²) in [6, 6.07) is -0.277. The lowest BCUT2D eigenvalue weighted by molar-refractivity contribution is -0.143. The first-order chi connectivity index (χ1) is 8.23. The third-order valence-electron chi connectivity index (χ3n) is 3.41. The molecule has 1 fully saturated rings. The van der Waals surface area contributed by atoms with Crippen LogP contribution in [0.15, 0.2) is 12.7 Å². The van der Waals surface area contributed by atoms with Crippen LogP contribution in [0.5, 0.6) is 0 Å². The summed E-state index contributed by atoms with van der Waals surface area (Å²) in [5.74, 6) is -0.326. The summed E-state index contributed by atoms with van der Waals surface area (Å²) in [5.41, 5.74) is -1.10. The molecule has 1 heterocycles. The van der Waals surface area contributed by atoms with E-state index in [2.05, 4.69) is 6.58 Å². The van der Waals surface area contributed by atoms with E-state index in [-0.39, 0.29) is 18.6 Å². The molecule has 5 nitrogen and oxygen atoms in total. The van der Waals surface area contributed by atoms with Crippen LogP contribution in [0.4, 0.5) is 4.79 Å². The Morgan fingerprint density at radius 3 is 2.61 bits per heavy atom. The molecule has 5 heteroatoms. The largest absolute Gasteiger partial charge is 0.447 e. The van der Waals surface area contributed by atoms with Crippen molar-refractivity contribution in [1.82, 2.24) is 4.90 Å². The topological polar surface area (TPSA) is 66.8 Å². The van der Waals surface area contributed by atoms with E-state index in [1.807, 2.05) is 13.8 Å². The zero-order valence-electron chi connectivity index (χ0n) is 11.3. The predicted molar refractivity (Wildman–Crippen MR) is 66.8 cm³/mol. The van der Waals surface area contributed by atoms with Crippen LogP contribution in [0, 0.1) is 11.3 Å². The fraction of sp³-hybridized carbons (Fsp3) is 0.692. The molecular formula is C13H21NO4. The van der Waals surface area contributed by atoms with Gasteiger partial charge in [0.1, 0.15) is 6.61 Å². The molecule has 0 bridgehead atoms. The van der Waals surface area contributed by atoms with Gasteiger partial charge in [-0.05, 0) is 19.8 Å². The molecule has 18 heavy (non-hydrogen) atoms. The van der Waals surface area contributed by atoms with E-state index < -0.39 is 23.5 Å². The number of aliphatic hydroxyl groups is 1. The minimum absolute atomic E-state index is 0.108. The van der Waals surface area contributed by atoms with Crippen molar-refractivity contribution >= 4 is 12.0 Å². The minimum atomic E-state index is -1.10. The molecular weight excluding hydrogens is 234 g/mol. The van der Waals surface area contributed by atoms with Crippen molar-refractivity contribution in [2.75, 3.05) is 6.61 Å². The molecule has 102 valence electrons. The monoisotopic (exact) mass is 255 g/mol. The maximum atomic E-state index is 12.4. The number of amides is 2. The highest BCUT2D eigenvalue weighted by Gasteiger charge is 2.47. The van der Waals surface area contributed by atoms with E-state index in [0.29, 0.717) is 0 Å². The number of carbonyl (C=O) groups excluding carboxylic acids is 2. The van der Waals surface area contributed by atoms with Crippen LogP contribution in [0.3, 0.4) is 0 Å². The van der Waals surface area contributed by atoms with Crippen molar-refractivity contribution in [3.05, 3.63) is 12.7 Å². The molecule has 0 spiro atoms. The predicted octanol–water partition coefficient (Wildman–Crippen LogP) is 1.56. The first kappa shape index (κ1) is 14.7. The van der Waals surface area contributed by atoms with Crippen LogP contribution in [-0.4, -0.2) is 40.8 Å². The molecule has 1 N–H and O–H groups in total. The van der Waals surface area contributed by atoms with Crippen LogP contribution in [0.1, 0.15) is 27.7 Å². The van der Waals surface area contributed by atoms with Gasteiger partial charge in [-0.25, -0.2) is 9.69 Å². The quantitative estimate of drug-likeness (QED) is 0.774. The van der Waals surface area contributed by atoms with Crippen LogP contribution >= 0.6 is 0 Å². The molecule has 1 rings (SSSR count). The summed E-state index contributed by atoms with van der Waals surface area (Å²) in [6.45, 7) is 10.7. The molecule has 0 saturated carbocycles. The number of cyclic esters (lactones) is 1. The average molecular weight is 255 g/mol. The molecule has 1 aliphatic rings. The zero-order valence-corrected chi connectivity index (χ0v) is 11.3. The van der Waals surface area contributed by atoms with E-state index in [1.165, 1.54) is 6.08 Å². The fourth-order valence-corrected chi connectivity index (χ4v) is 1.89. The molecule has 1 saturated heterocycles. The van der Waals surface area contributed by atoms with Gasteiger partial charge in [0, 0.05) is 0 Å². The highest BCUT2D eigenvalue weighted by atomic mass is 16.6. The molecule has 0 aromatic carbocycles. The lowest BCUT2D eigenvalue weighted by Gasteiger charge is -2.33. The normalized spacial score (nSPS) is 22.0. The molecule has 0 aromatic rings. The second-order valence-electron chi connectivity index (χ2n) is 5.47.